The maximum atomic E-state index is 11.9. The van der Waals surface area contributed by atoms with Gasteiger partial charge in [0, 0.05) is 50.0 Å². The second-order valence-corrected chi connectivity index (χ2v) is 9.43. The van der Waals surface area contributed by atoms with E-state index >= 15 is 0 Å². The highest BCUT2D eigenvalue weighted by molar-refractivity contribution is 7.98. The molecule has 2 aliphatic rings. The smallest absolute Gasteiger partial charge is 0.220 e. The lowest BCUT2D eigenvalue weighted by atomic mass is 9.84. The van der Waals surface area contributed by atoms with Gasteiger partial charge in [-0.3, -0.25) is 9.69 Å². The number of carbonyl (C=O) groups excluding carboxylic acids is 1. The van der Waals surface area contributed by atoms with Gasteiger partial charge in [-0.2, -0.15) is 5.26 Å². The normalized spacial score (nSPS) is 22.5. The summed E-state index contributed by atoms with van der Waals surface area (Å²) in [5, 5.41) is 11.7. The van der Waals surface area contributed by atoms with Crippen molar-refractivity contribution in [3.05, 3.63) is 24.3 Å². The first kappa shape index (κ1) is 23.0. The third-order valence-corrected chi connectivity index (χ3v) is 7.34. The molecule has 1 aliphatic carbocycles. The van der Waals surface area contributed by atoms with Crippen LogP contribution in [0.2, 0.25) is 0 Å². The lowest BCUT2D eigenvalue weighted by Crippen LogP contribution is -2.47. The van der Waals surface area contributed by atoms with Crippen LogP contribution in [0, 0.1) is 17.2 Å². The van der Waals surface area contributed by atoms with Crippen LogP contribution in [0.5, 0.6) is 0 Å². The minimum atomic E-state index is 0.120. The molecule has 164 valence electrons. The van der Waals surface area contributed by atoms with E-state index in [1.807, 2.05) is 11.8 Å². The first-order valence-corrected chi connectivity index (χ1v) is 12.7. The molecule has 0 spiro atoms. The average Bonchev–Trinajstić information content (AvgIpc) is 2.79. The summed E-state index contributed by atoms with van der Waals surface area (Å²) in [6.07, 6.45) is 9.73. The number of benzene rings is 1. The molecular formula is C24H36N4OS. The van der Waals surface area contributed by atoms with E-state index in [0.29, 0.717) is 25.3 Å². The summed E-state index contributed by atoms with van der Waals surface area (Å²) in [7, 11) is 0. The van der Waals surface area contributed by atoms with Gasteiger partial charge >= 0.3 is 0 Å². The fraction of sp³-hybridized carbons (Fsp3) is 0.667. The number of rotatable bonds is 9. The Morgan fingerprint density at radius 3 is 2.60 bits per heavy atom. The highest BCUT2D eigenvalue weighted by Crippen LogP contribution is 2.30. The van der Waals surface area contributed by atoms with E-state index in [1.165, 1.54) is 36.4 Å². The predicted molar refractivity (Wildman–Crippen MR) is 125 cm³/mol. The highest BCUT2D eigenvalue weighted by atomic mass is 32.2. The van der Waals surface area contributed by atoms with Crippen LogP contribution in [0.15, 0.2) is 29.2 Å². The van der Waals surface area contributed by atoms with E-state index in [1.54, 1.807) is 0 Å². The van der Waals surface area contributed by atoms with Crippen LogP contribution in [-0.2, 0) is 4.79 Å². The van der Waals surface area contributed by atoms with Crippen LogP contribution in [-0.4, -0.2) is 55.8 Å². The first-order valence-electron chi connectivity index (χ1n) is 11.5. The van der Waals surface area contributed by atoms with Crippen LogP contribution >= 0.6 is 11.8 Å². The summed E-state index contributed by atoms with van der Waals surface area (Å²) >= 11 is 1.83. The lowest BCUT2D eigenvalue weighted by molar-refractivity contribution is -0.122. The van der Waals surface area contributed by atoms with Gasteiger partial charge in [-0.1, -0.05) is 12.1 Å². The van der Waals surface area contributed by atoms with Crippen molar-refractivity contribution in [1.29, 1.82) is 5.26 Å². The molecule has 3 rings (SSSR count). The number of amides is 1. The lowest BCUT2D eigenvalue weighted by Gasteiger charge is -2.38. The number of para-hydroxylation sites is 1. The molecule has 1 heterocycles. The van der Waals surface area contributed by atoms with Crippen LogP contribution in [0.25, 0.3) is 0 Å². The fourth-order valence-electron chi connectivity index (χ4n) is 4.69. The van der Waals surface area contributed by atoms with E-state index in [9.17, 15) is 4.79 Å². The van der Waals surface area contributed by atoms with Crippen molar-refractivity contribution in [3.63, 3.8) is 0 Å². The van der Waals surface area contributed by atoms with Crippen molar-refractivity contribution in [2.24, 2.45) is 5.92 Å². The molecule has 2 fully saturated rings. The van der Waals surface area contributed by atoms with Gasteiger partial charge in [-0.05, 0) is 69.4 Å². The minimum absolute atomic E-state index is 0.120. The van der Waals surface area contributed by atoms with Gasteiger partial charge in [0.25, 0.3) is 0 Å². The Bertz CT molecular complexity index is 703. The van der Waals surface area contributed by atoms with Gasteiger partial charge in [0.05, 0.1) is 11.8 Å². The summed E-state index contributed by atoms with van der Waals surface area (Å²) in [5.74, 6) is 0.918. The monoisotopic (exact) mass is 428 g/mol. The number of hydrogen-bond acceptors (Lipinski definition) is 5. The Kier molecular flexibility index (Phi) is 9.35. The SMILES string of the molecule is CSc1ccccc1N1CCN(CCC2CCC(NC(=O)CCCC#N)CC2)CC1. The van der Waals surface area contributed by atoms with Crippen molar-refractivity contribution in [2.45, 2.75) is 62.3 Å². The molecule has 1 aliphatic heterocycles. The molecular weight excluding hydrogens is 392 g/mol. The van der Waals surface area contributed by atoms with E-state index < -0.39 is 0 Å². The number of hydrogen-bond donors (Lipinski definition) is 1. The summed E-state index contributed by atoms with van der Waals surface area (Å²) in [5.41, 5.74) is 1.39. The topological polar surface area (TPSA) is 59.4 Å². The molecule has 0 radical (unpaired) electrons. The van der Waals surface area contributed by atoms with Crippen molar-refractivity contribution in [2.75, 3.05) is 43.9 Å². The zero-order valence-electron chi connectivity index (χ0n) is 18.3. The van der Waals surface area contributed by atoms with Gasteiger partial charge in [-0.25, -0.2) is 0 Å². The van der Waals surface area contributed by atoms with Gasteiger partial charge < -0.3 is 10.2 Å². The molecule has 1 saturated heterocycles. The van der Waals surface area contributed by atoms with E-state index in [4.69, 9.17) is 5.26 Å². The van der Waals surface area contributed by atoms with Crippen LogP contribution in [0.1, 0.15) is 51.4 Å². The number of nitrogens with zero attached hydrogens (tertiary/aromatic N) is 3. The maximum Gasteiger partial charge on any atom is 0.220 e. The third-order valence-electron chi connectivity index (χ3n) is 6.56. The van der Waals surface area contributed by atoms with Crippen molar-refractivity contribution in [1.82, 2.24) is 10.2 Å². The zero-order chi connectivity index (χ0) is 21.2. The highest BCUT2D eigenvalue weighted by Gasteiger charge is 2.24. The molecule has 30 heavy (non-hydrogen) atoms. The average molecular weight is 429 g/mol. The number of nitriles is 1. The van der Waals surface area contributed by atoms with Gasteiger partial charge in [0.1, 0.15) is 0 Å². The van der Waals surface area contributed by atoms with E-state index in [2.05, 4.69) is 51.7 Å². The predicted octanol–water partition coefficient (Wildman–Crippen LogP) is 4.29. The van der Waals surface area contributed by atoms with Crippen molar-refractivity contribution < 1.29 is 4.79 Å². The largest absolute Gasteiger partial charge is 0.368 e. The van der Waals surface area contributed by atoms with Crippen LogP contribution < -0.4 is 10.2 Å². The third kappa shape index (κ3) is 6.92. The molecule has 1 aromatic carbocycles. The van der Waals surface area contributed by atoms with E-state index in [0.717, 1.165) is 44.9 Å². The number of unbranched alkanes of at least 4 members (excludes halogenated alkanes) is 1. The maximum absolute atomic E-state index is 11.9. The quantitative estimate of drug-likeness (QED) is 0.470. The standard InChI is InChI=1S/C24H36N4OS/c1-30-23-7-3-2-6-22(23)28-18-16-27(17-19-28)15-13-20-9-11-21(12-10-20)26-24(29)8-4-5-14-25/h2-3,6-7,20-21H,4-5,8-13,15-19H2,1H3,(H,26,29). The number of anilines is 1. The molecule has 1 amide bonds. The molecule has 6 heteroatoms. The van der Waals surface area contributed by atoms with Gasteiger partial charge in [-0.15, -0.1) is 11.8 Å². The number of nitrogens with one attached hydrogen (secondary N) is 1. The molecule has 0 unspecified atom stereocenters. The second kappa shape index (κ2) is 12.2. The van der Waals surface area contributed by atoms with Gasteiger partial charge in [0.2, 0.25) is 5.91 Å². The molecule has 1 aromatic rings. The summed E-state index contributed by atoms with van der Waals surface area (Å²) in [4.78, 5) is 18.5. The summed E-state index contributed by atoms with van der Waals surface area (Å²) in [6, 6.07) is 11.2. The Hall–Kier alpha value is -1.71. The Morgan fingerprint density at radius 2 is 1.90 bits per heavy atom. The molecule has 5 nitrogen and oxygen atoms in total. The molecule has 0 atom stereocenters. The van der Waals surface area contributed by atoms with Crippen LogP contribution in [0.3, 0.4) is 0 Å². The summed E-state index contributed by atoms with van der Waals surface area (Å²) in [6.45, 7) is 5.73. The Labute approximate surface area is 186 Å². The fourth-order valence-corrected chi connectivity index (χ4v) is 5.31. The Balaban J connectivity index is 1.31. The zero-order valence-corrected chi connectivity index (χ0v) is 19.1. The van der Waals surface area contributed by atoms with E-state index in [-0.39, 0.29) is 5.91 Å². The Morgan fingerprint density at radius 1 is 1.17 bits per heavy atom. The van der Waals surface area contributed by atoms with Crippen molar-refractivity contribution in [3.8, 4) is 6.07 Å². The second-order valence-electron chi connectivity index (χ2n) is 8.59. The molecule has 1 saturated carbocycles. The molecule has 0 aromatic heterocycles. The summed E-state index contributed by atoms with van der Waals surface area (Å²) < 4.78 is 0. The minimum Gasteiger partial charge on any atom is -0.368 e. The van der Waals surface area contributed by atoms with Crippen LogP contribution in [0.4, 0.5) is 5.69 Å². The molecule has 1 N–H and O–H groups in total. The number of thioether (sulfide) groups is 1. The van der Waals surface area contributed by atoms with Gasteiger partial charge in [0.15, 0.2) is 0 Å². The number of carbonyl (C=O) groups is 1. The van der Waals surface area contributed by atoms with Crippen molar-refractivity contribution >= 4 is 23.4 Å². The molecule has 0 bridgehead atoms. The first-order chi connectivity index (χ1) is 14.7. The number of piperazine rings is 1.